The molecule has 0 aliphatic rings. The standard InChI is InChI=1S/C9H15N3O5S/c1-9(2,15)5-12(3)18(16,17)6-4-10-8(14)11-7(6)13/h4,15H,5H2,1-3H3,(H2,10,11,13,14). The number of likely N-dealkylation sites (N-methyl/N-ethyl adjacent to an activating group) is 1. The Kier molecular flexibility index (Phi) is 3.79. The van der Waals surface area contributed by atoms with Crippen molar-refractivity contribution in [2.45, 2.75) is 24.3 Å². The van der Waals surface area contributed by atoms with Gasteiger partial charge in [0.25, 0.3) is 5.56 Å². The van der Waals surface area contributed by atoms with Gasteiger partial charge in [-0.2, -0.15) is 4.31 Å². The molecule has 0 amide bonds. The number of aromatic nitrogens is 2. The lowest BCUT2D eigenvalue weighted by Crippen LogP contribution is -2.41. The summed E-state index contributed by atoms with van der Waals surface area (Å²) in [5.74, 6) is 0. The number of rotatable bonds is 4. The second kappa shape index (κ2) is 4.67. The van der Waals surface area contributed by atoms with Crippen LogP contribution in [0.15, 0.2) is 20.7 Å². The fourth-order valence-electron chi connectivity index (χ4n) is 1.39. The Morgan fingerprint density at radius 2 is 1.94 bits per heavy atom. The lowest BCUT2D eigenvalue weighted by atomic mass is 10.1. The van der Waals surface area contributed by atoms with Crippen LogP contribution < -0.4 is 11.2 Å². The molecule has 0 saturated carbocycles. The van der Waals surface area contributed by atoms with Gasteiger partial charge in [-0.15, -0.1) is 0 Å². The van der Waals surface area contributed by atoms with Crippen LogP contribution in [-0.4, -0.2) is 47.0 Å². The van der Waals surface area contributed by atoms with Crippen LogP contribution in [0.25, 0.3) is 0 Å². The monoisotopic (exact) mass is 277 g/mol. The summed E-state index contributed by atoms with van der Waals surface area (Å²) in [6.45, 7) is 2.69. The number of sulfonamides is 1. The van der Waals surface area contributed by atoms with Crippen LogP contribution in [0.5, 0.6) is 0 Å². The third kappa shape index (κ3) is 3.28. The third-order valence-electron chi connectivity index (χ3n) is 2.08. The number of nitrogens with one attached hydrogen (secondary N) is 2. The van der Waals surface area contributed by atoms with Crippen molar-refractivity contribution in [1.29, 1.82) is 0 Å². The summed E-state index contributed by atoms with van der Waals surface area (Å²) in [6.07, 6.45) is 0.831. The molecule has 1 aromatic heterocycles. The van der Waals surface area contributed by atoms with Crippen LogP contribution >= 0.6 is 0 Å². The van der Waals surface area contributed by atoms with Crippen molar-refractivity contribution in [3.63, 3.8) is 0 Å². The van der Waals surface area contributed by atoms with Crippen molar-refractivity contribution < 1.29 is 13.5 Å². The van der Waals surface area contributed by atoms with Gasteiger partial charge in [-0.05, 0) is 13.8 Å². The molecular formula is C9H15N3O5S. The Bertz CT molecular complexity index is 637. The molecule has 1 rings (SSSR count). The highest BCUT2D eigenvalue weighted by molar-refractivity contribution is 7.89. The normalized spacial score (nSPS) is 12.9. The molecule has 0 saturated heterocycles. The van der Waals surface area contributed by atoms with Gasteiger partial charge in [0.05, 0.1) is 5.60 Å². The van der Waals surface area contributed by atoms with Crippen LogP contribution in [0.4, 0.5) is 0 Å². The van der Waals surface area contributed by atoms with Gasteiger partial charge in [0.15, 0.2) is 4.90 Å². The molecule has 18 heavy (non-hydrogen) atoms. The minimum Gasteiger partial charge on any atom is -0.389 e. The maximum atomic E-state index is 12.0. The molecule has 0 spiro atoms. The predicted molar refractivity (Wildman–Crippen MR) is 63.8 cm³/mol. The number of aliphatic hydroxyl groups is 1. The molecule has 0 aliphatic heterocycles. The zero-order valence-corrected chi connectivity index (χ0v) is 11.0. The first kappa shape index (κ1) is 14.6. The first-order chi connectivity index (χ1) is 8.04. The number of H-pyrrole nitrogens is 2. The Morgan fingerprint density at radius 3 is 2.39 bits per heavy atom. The summed E-state index contributed by atoms with van der Waals surface area (Å²) in [5.41, 5.74) is -3.03. The van der Waals surface area contributed by atoms with Gasteiger partial charge >= 0.3 is 5.69 Å². The maximum Gasteiger partial charge on any atom is 0.325 e. The maximum absolute atomic E-state index is 12.0. The zero-order valence-electron chi connectivity index (χ0n) is 10.2. The number of nitrogens with zero attached hydrogens (tertiary/aromatic N) is 1. The van der Waals surface area contributed by atoms with Gasteiger partial charge in [0, 0.05) is 19.8 Å². The van der Waals surface area contributed by atoms with E-state index in [0.29, 0.717) is 0 Å². The summed E-state index contributed by atoms with van der Waals surface area (Å²) in [5, 5.41) is 9.56. The number of aromatic amines is 2. The van der Waals surface area contributed by atoms with E-state index >= 15 is 0 Å². The third-order valence-corrected chi connectivity index (χ3v) is 3.89. The van der Waals surface area contributed by atoms with Crippen molar-refractivity contribution in [2.75, 3.05) is 13.6 Å². The highest BCUT2D eigenvalue weighted by Gasteiger charge is 2.28. The first-order valence-electron chi connectivity index (χ1n) is 5.05. The topological polar surface area (TPSA) is 123 Å². The smallest absolute Gasteiger partial charge is 0.325 e. The van der Waals surface area contributed by atoms with Gasteiger partial charge < -0.3 is 10.1 Å². The van der Waals surface area contributed by atoms with Crippen molar-refractivity contribution >= 4 is 10.0 Å². The molecule has 0 aliphatic carbocycles. The Balaban J connectivity index is 3.22. The minimum absolute atomic E-state index is 0.187. The quantitative estimate of drug-likeness (QED) is 0.615. The van der Waals surface area contributed by atoms with E-state index in [-0.39, 0.29) is 6.54 Å². The average Bonchev–Trinajstić information content (AvgIpc) is 2.13. The van der Waals surface area contributed by atoms with Crippen LogP contribution in [0.3, 0.4) is 0 Å². The summed E-state index contributed by atoms with van der Waals surface area (Å²) in [4.78, 5) is 25.6. The van der Waals surface area contributed by atoms with Gasteiger partial charge in [-0.3, -0.25) is 9.78 Å². The van der Waals surface area contributed by atoms with Gasteiger partial charge in [-0.1, -0.05) is 0 Å². The van der Waals surface area contributed by atoms with E-state index in [0.717, 1.165) is 10.5 Å². The fourth-order valence-corrected chi connectivity index (χ4v) is 2.70. The molecular weight excluding hydrogens is 262 g/mol. The van der Waals surface area contributed by atoms with E-state index in [1.54, 1.807) is 0 Å². The van der Waals surface area contributed by atoms with Crippen LogP contribution in [-0.2, 0) is 10.0 Å². The molecule has 3 N–H and O–H groups in total. The molecule has 0 fully saturated rings. The summed E-state index contributed by atoms with van der Waals surface area (Å²) < 4.78 is 24.9. The highest BCUT2D eigenvalue weighted by atomic mass is 32.2. The molecule has 0 radical (unpaired) electrons. The van der Waals surface area contributed by atoms with Crippen molar-refractivity contribution in [3.8, 4) is 0 Å². The van der Waals surface area contributed by atoms with E-state index in [1.165, 1.54) is 20.9 Å². The molecule has 102 valence electrons. The molecule has 0 aromatic carbocycles. The minimum atomic E-state index is -4.06. The zero-order chi connectivity index (χ0) is 14.1. The molecule has 0 atom stereocenters. The van der Waals surface area contributed by atoms with Crippen LogP contribution in [0.1, 0.15) is 13.8 Å². The molecule has 1 heterocycles. The van der Waals surface area contributed by atoms with E-state index in [2.05, 4.69) is 4.98 Å². The summed E-state index contributed by atoms with van der Waals surface area (Å²) in [6, 6.07) is 0. The summed E-state index contributed by atoms with van der Waals surface area (Å²) >= 11 is 0. The van der Waals surface area contributed by atoms with E-state index in [4.69, 9.17) is 0 Å². The second-order valence-electron chi connectivity index (χ2n) is 4.51. The van der Waals surface area contributed by atoms with Gasteiger partial charge in [0.2, 0.25) is 10.0 Å². The Hall–Kier alpha value is -1.45. The molecule has 0 bridgehead atoms. The van der Waals surface area contributed by atoms with Crippen molar-refractivity contribution in [1.82, 2.24) is 14.3 Å². The van der Waals surface area contributed by atoms with E-state index < -0.39 is 31.8 Å². The summed E-state index contributed by atoms with van der Waals surface area (Å²) in [7, 11) is -2.83. The second-order valence-corrected chi connectivity index (χ2v) is 6.52. The van der Waals surface area contributed by atoms with Crippen molar-refractivity contribution in [3.05, 3.63) is 27.0 Å². The molecule has 1 aromatic rings. The van der Waals surface area contributed by atoms with Crippen molar-refractivity contribution in [2.24, 2.45) is 0 Å². The van der Waals surface area contributed by atoms with Gasteiger partial charge in [-0.25, -0.2) is 13.2 Å². The highest BCUT2D eigenvalue weighted by Crippen LogP contribution is 2.12. The lowest BCUT2D eigenvalue weighted by molar-refractivity contribution is 0.0639. The van der Waals surface area contributed by atoms with Crippen LogP contribution in [0, 0.1) is 0 Å². The predicted octanol–water partition coefficient (Wildman–Crippen LogP) is -1.55. The lowest BCUT2D eigenvalue weighted by Gasteiger charge is -2.24. The van der Waals surface area contributed by atoms with E-state index in [9.17, 15) is 23.1 Å². The Labute approximate surface area is 103 Å². The number of hydrogen-bond acceptors (Lipinski definition) is 5. The first-order valence-corrected chi connectivity index (χ1v) is 6.49. The largest absolute Gasteiger partial charge is 0.389 e. The van der Waals surface area contributed by atoms with Crippen LogP contribution in [0.2, 0.25) is 0 Å². The molecule has 8 nitrogen and oxygen atoms in total. The number of hydrogen-bond donors (Lipinski definition) is 3. The molecule has 9 heteroatoms. The van der Waals surface area contributed by atoms with E-state index in [1.807, 2.05) is 4.98 Å². The SMILES string of the molecule is CN(CC(C)(C)O)S(=O)(=O)c1c[nH]c(=O)[nH]c1=O. The van der Waals surface area contributed by atoms with Gasteiger partial charge in [0.1, 0.15) is 0 Å². The average molecular weight is 277 g/mol. The Morgan fingerprint density at radius 1 is 1.39 bits per heavy atom. The fraction of sp³-hybridized carbons (Fsp3) is 0.556. The molecule has 0 unspecified atom stereocenters.